The Kier molecular flexibility index (Phi) is 20.3. The first kappa shape index (κ1) is 34.1. The molecule has 2 unspecified atom stereocenters. The Hall–Kier alpha value is 0.114. The molecule has 0 heterocycles. The fourth-order valence-electron chi connectivity index (χ4n) is 4.73. The summed E-state index contributed by atoms with van der Waals surface area (Å²) >= 11 is 0. The maximum absolute atomic E-state index is 6.41. The number of hydrogen-bond acceptors (Lipinski definition) is 8. The summed E-state index contributed by atoms with van der Waals surface area (Å²) in [5.41, 5.74) is 5.70. The minimum atomic E-state index is -3.03. The highest BCUT2D eigenvalue weighted by molar-refractivity contribution is 6.64. The Balaban J connectivity index is 6.51. The summed E-state index contributed by atoms with van der Waals surface area (Å²) in [7, 11) is -6.06. The first-order valence-corrected chi connectivity index (χ1v) is 17.4. The number of hydrogen-bond donors (Lipinski definition) is 1. The van der Waals surface area contributed by atoms with Gasteiger partial charge in [-0.1, -0.05) is 26.7 Å². The van der Waals surface area contributed by atoms with E-state index in [1.54, 1.807) is 0 Å². The molecule has 0 saturated heterocycles. The third-order valence-corrected chi connectivity index (χ3v) is 13.1. The Morgan fingerprint density at radius 2 is 0.853 bits per heavy atom. The van der Waals surface area contributed by atoms with E-state index in [0.29, 0.717) is 39.6 Å². The largest absolute Gasteiger partial charge is 0.519 e. The summed E-state index contributed by atoms with van der Waals surface area (Å²) in [6, 6.07) is 0. The molecule has 2 N–H and O–H groups in total. The fourth-order valence-corrected chi connectivity index (χ4v) is 11.4. The third-order valence-electron chi connectivity index (χ3n) is 5.83. The van der Waals surface area contributed by atoms with Crippen molar-refractivity contribution in [3.8, 4) is 0 Å². The van der Waals surface area contributed by atoms with Crippen LogP contribution in [0.4, 0.5) is 0 Å². The smallest absolute Gasteiger partial charge is 0.373 e. The van der Waals surface area contributed by atoms with E-state index in [1.807, 2.05) is 41.5 Å². The van der Waals surface area contributed by atoms with E-state index in [9.17, 15) is 0 Å². The van der Waals surface area contributed by atoms with Crippen LogP contribution in [0.15, 0.2) is 0 Å². The van der Waals surface area contributed by atoms with Gasteiger partial charge in [0.2, 0.25) is 0 Å². The van der Waals surface area contributed by atoms with E-state index in [0.717, 1.165) is 51.6 Å². The van der Waals surface area contributed by atoms with Crippen LogP contribution in [-0.2, 0) is 26.6 Å². The topological polar surface area (TPSA) is 84.6 Å². The Labute approximate surface area is 212 Å². The van der Waals surface area contributed by atoms with Gasteiger partial charge in [0, 0.05) is 39.6 Å². The molecule has 0 aliphatic carbocycles. The molecule has 0 radical (unpaired) electrons. The number of nitrogens with two attached hydrogens (primary N) is 1. The molecule has 34 heavy (non-hydrogen) atoms. The normalized spacial score (nSPS) is 14.6. The van der Waals surface area contributed by atoms with Gasteiger partial charge in [-0.25, -0.2) is 0 Å². The summed E-state index contributed by atoms with van der Waals surface area (Å²) in [5.74, 6) is 0. The monoisotopic (exact) mass is 524 g/mol. The second-order valence-corrected chi connectivity index (χ2v) is 13.6. The first-order valence-electron chi connectivity index (χ1n) is 13.7. The van der Waals surface area contributed by atoms with Crippen LogP contribution in [0.25, 0.3) is 0 Å². The molecule has 0 aliphatic rings. The van der Waals surface area contributed by atoms with Crippen molar-refractivity contribution in [2.75, 3.05) is 52.7 Å². The average Bonchev–Trinajstić information content (AvgIpc) is 2.80. The van der Waals surface area contributed by atoms with Gasteiger partial charge in [0.25, 0.3) is 0 Å². The van der Waals surface area contributed by atoms with Crippen LogP contribution in [0.1, 0.15) is 93.9 Å². The summed E-state index contributed by atoms with van der Waals surface area (Å²) < 4.78 is 38.4. The van der Waals surface area contributed by atoms with Crippen LogP contribution >= 0.6 is 0 Å². The minimum Gasteiger partial charge on any atom is -0.373 e. The lowest BCUT2D eigenvalue weighted by Gasteiger charge is -2.47. The van der Waals surface area contributed by atoms with Crippen molar-refractivity contribution in [2.24, 2.45) is 5.73 Å². The lowest BCUT2D eigenvalue weighted by molar-refractivity contribution is 0.00152. The quantitative estimate of drug-likeness (QED) is 0.146. The predicted octanol–water partition coefficient (Wildman–Crippen LogP) is 4.54. The molecule has 2 atom stereocenters. The Bertz CT molecular complexity index is 411. The van der Waals surface area contributed by atoms with Crippen LogP contribution in [0.3, 0.4) is 0 Å². The standard InChI is InChI=1S/C24H56N2O6Si2/c1-9-23(33(27-11-3,28-12-4)29-13-5)26(22-20-18-17-19-21-25)24(10-2)34(30-14-6,31-15-7)32-16-8/h23-24H,9-22,25H2,1-8H3. The van der Waals surface area contributed by atoms with Crippen molar-refractivity contribution in [2.45, 2.75) is 105 Å². The molecular weight excluding hydrogens is 468 g/mol. The molecule has 0 saturated carbocycles. The maximum Gasteiger partial charge on any atom is 0.519 e. The molecule has 206 valence electrons. The van der Waals surface area contributed by atoms with Crippen molar-refractivity contribution < 1.29 is 26.6 Å². The summed E-state index contributed by atoms with van der Waals surface area (Å²) in [6.45, 7) is 21.4. The van der Waals surface area contributed by atoms with Gasteiger partial charge in [0.15, 0.2) is 0 Å². The van der Waals surface area contributed by atoms with Crippen molar-refractivity contribution in [3.05, 3.63) is 0 Å². The first-order chi connectivity index (χ1) is 16.5. The van der Waals surface area contributed by atoms with Gasteiger partial charge >= 0.3 is 17.6 Å². The minimum absolute atomic E-state index is 0.0138. The Morgan fingerprint density at radius 3 is 1.12 bits per heavy atom. The lowest BCUT2D eigenvalue weighted by atomic mass is 10.2. The molecule has 0 aromatic heterocycles. The van der Waals surface area contributed by atoms with Gasteiger partial charge in [-0.05, 0) is 80.3 Å². The Morgan fingerprint density at radius 1 is 0.529 bits per heavy atom. The second kappa shape index (κ2) is 20.2. The molecule has 0 amide bonds. The van der Waals surface area contributed by atoms with Gasteiger partial charge < -0.3 is 32.3 Å². The molecule has 0 aromatic rings. The highest BCUT2D eigenvalue weighted by Crippen LogP contribution is 2.31. The molecule has 8 nitrogen and oxygen atoms in total. The highest BCUT2D eigenvalue weighted by atomic mass is 28.4. The number of rotatable bonds is 24. The summed E-state index contributed by atoms with van der Waals surface area (Å²) in [5, 5.41) is 0. The van der Waals surface area contributed by atoms with E-state index < -0.39 is 17.6 Å². The number of unbranched alkanes of at least 4 members (excludes halogenated alkanes) is 3. The molecule has 0 bridgehead atoms. The zero-order chi connectivity index (χ0) is 25.9. The van der Waals surface area contributed by atoms with Gasteiger partial charge in [-0.3, -0.25) is 4.90 Å². The molecule has 0 aliphatic heterocycles. The van der Waals surface area contributed by atoms with Crippen molar-refractivity contribution >= 4 is 17.6 Å². The second-order valence-electron chi connectivity index (χ2n) is 8.09. The fraction of sp³-hybridized carbons (Fsp3) is 1.00. The van der Waals surface area contributed by atoms with Crippen molar-refractivity contribution in [1.29, 1.82) is 0 Å². The zero-order valence-corrected chi connectivity index (χ0v) is 25.5. The average molecular weight is 525 g/mol. The molecule has 0 aromatic carbocycles. The van der Waals surface area contributed by atoms with Crippen LogP contribution in [0.2, 0.25) is 0 Å². The molecule has 0 fully saturated rings. The van der Waals surface area contributed by atoms with Gasteiger partial charge in [0.05, 0.1) is 11.3 Å². The van der Waals surface area contributed by atoms with Crippen LogP contribution < -0.4 is 5.73 Å². The van der Waals surface area contributed by atoms with E-state index in [2.05, 4.69) is 18.7 Å². The lowest BCUT2D eigenvalue weighted by Crippen LogP contribution is -2.71. The van der Waals surface area contributed by atoms with E-state index in [4.69, 9.17) is 32.3 Å². The zero-order valence-electron chi connectivity index (χ0n) is 23.5. The summed E-state index contributed by atoms with van der Waals surface area (Å²) in [6.07, 6.45) is 6.06. The van der Waals surface area contributed by atoms with E-state index in [1.165, 1.54) is 0 Å². The van der Waals surface area contributed by atoms with Crippen LogP contribution in [-0.4, -0.2) is 86.6 Å². The van der Waals surface area contributed by atoms with Gasteiger partial charge in [-0.15, -0.1) is 0 Å². The van der Waals surface area contributed by atoms with Crippen molar-refractivity contribution in [3.63, 3.8) is 0 Å². The van der Waals surface area contributed by atoms with Gasteiger partial charge in [0.1, 0.15) is 0 Å². The van der Waals surface area contributed by atoms with Crippen LogP contribution in [0.5, 0.6) is 0 Å². The maximum atomic E-state index is 6.41. The van der Waals surface area contributed by atoms with E-state index >= 15 is 0 Å². The summed E-state index contributed by atoms with van der Waals surface area (Å²) in [4.78, 5) is 2.52. The third kappa shape index (κ3) is 10.2. The molecule has 0 spiro atoms. The highest BCUT2D eigenvalue weighted by Gasteiger charge is 2.58. The van der Waals surface area contributed by atoms with Gasteiger partial charge in [-0.2, -0.15) is 0 Å². The van der Waals surface area contributed by atoms with Crippen molar-refractivity contribution in [1.82, 2.24) is 4.90 Å². The SMILES string of the molecule is CCO[Si](OCC)(OCC)C(CC)N(CCCCCCN)C(CC)[Si](OCC)(OCC)OCC. The van der Waals surface area contributed by atoms with E-state index in [-0.39, 0.29) is 11.3 Å². The molecule has 0 rings (SSSR count). The molecule has 10 heteroatoms. The predicted molar refractivity (Wildman–Crippen MR) is 144 cm³/mol. The molecular formula is C24H56N2O6Si2. The number of nitrogens with zero attached hydrogens (tertiary/aromatic N) is 1. The van der Waals surface area contributed by atoms with Crippen LogP contribution in [0, 0.1) is 0 Å².